The third-order valence-corrected chi connectivity index (χ3v) is 7.36. The van der Waals surface area contributed by atoms with Gasteiger partial charge in [0.25, 0.3) is 0 Å². The quantitative estimate of drug-likeness (QED) is 0.493. The average molecular weight is 510 g/mol. The van der Waals surface area contributed by atoms with Gasteiger partial charge in [-0.05, 0) is 54.3 Å². The molecule has 2 aliphatic rings. The number of rotatable bonds is 6. The summed E-state index contributed by atoms with van der Waals surface area (Å²) in [5, 5.41) is 2.98. The van der Waals surface area contributed by atoms with Crippen molar-refractivity contribution in [2.24, 2.45) is 5.92 Å². The number of anilines is 2. The summed E-state index contributed by atoms with van der Waals surface area (Å²) < 4.78 is 45.7. The Morgan fingerprint density at radius 3 is 2.59 bits per heavy atom. The minimum absolute atomic E-state index is 0.139. The van der Waals surface area contributed by atoms with Gasteiger partial charge in [-0.2, -0.15) is 13.2 Å². The van der Waals surface area contributed by atoms with Crippen LogP contribution >= 0.6 is 0 Å². The van der Waals surface area contributed by atoms with E-state index >= 15 is 0 Å². The Labute approximate surface area is 214 Å². The van der Waals surface area contributed by atoms with Crippen LogP contribution < -0.4 is 15.0 Å². The van der Waals surface area contributed by atoms with Crippen LogP contribution in [0.15, 0.2) is 72.8 Å². The molecule has 1 fully saturated rings. The molecule has 5 rings (SSSR count). The zero-order valence-electron chi connectivity index (χ0n) is 20.7. The number of methoxy groups -OCH3 is 1. The van der Waals surface area contributed by atoms with Crippen LogP contribution in [0.3, 0.4) is 0 Å². The van der Waals surface area contributed by atoms with Gasteiger partial charge >= 0.3 is 6.18 Å². The van der Waals surface area contributed by atoms with E-state index in [9.17, 15) is 18.0 Å². The molecule has 2 heterocycles. The first-order chi connectivity index (χ1) is 17.8. The van der Waals surface area contributed by atoms with E-state index in [1.165, 1.54) is 11.6 Å². The van der Waals surface area contributed by atoms with E-state index < -0.39 is 17.7 Å². The van der Waals surface area contributed by atoms with Gasteiger partial charge in [-0.3, -0.25) is 9.69 Å². The van der Waals surface area contributed by atoms with Crippen molar-refractivity contribution in [1.29, 1.82) is 0 Å². The fourth-order valence-electron chi connectivity index (χ4n) is 5.43. The number of carbonyl (C=O) groups is 1. The maximum absolute atomic E-state index is 13.6. The summed E-state index contributed by atoms with van der Waals surface area (Å²) in [5.41, 5.74) is 2.53. The van der Waals surface area contributed by atoms with Crippen LogP contribution in [0.1, 0.15) is 16.7 Å². The number of benzene rings is 3. The van der Waals surface area contributed by atoms with Gasteiger partial charge in [-0.15, -0.1) is 0 Å². The monoisotopic (exact) mass is 509 g/mol. The zero-order valence-corrected chi connectivity index (χ0v) is 20.7. The topological polar surface area (TPSA) is 44.8 Å². The molecule has 0 aliphatic carbocycles. The Morgan fingerprint density at radius 2 is 1.84 bits per heavy atom. The summed E-state index contributed by atoms with van der Waals surface area (Å²) in [6, 6.07) is 21.2. The molecule has 37 heavy (non-hydrogen) atoms. The molecule has 0 aromatic heterocycles. The van der Waals surface area contributed by atoms with Crippen LogP contribution in [0.2, 0.25) is 0 Å². The molecule has 0 saturated carbocycles. The highest BCUT2D eigenvalue weighted by Crippen LogP contribution is 2.40. The van der Waals surface area contributed by atoms with Crippen molar-refractivity contribution in [3.63, 3.8) is 0 Å². The van der Waals surface area contributed by atoms with Gasteiger partial charge in [-0.1, -0.05) is 36.4 Å². The van der Waals surface area contributed by atoms with E-state index in [2.05, 4.69) is 27.2 Å². The molecule has 194 valence electrons. The highest BCUT2D eigenvalue weighted by molar-refractivity contribution is 5.94. The number of alkyl halides is 3. The fourth-order valence-corrected chi connectivity index (χ4v) is 5.43. The Morgan fingerprint density at radius 1 is 1.03 bits per heavy atom. The Kier molecular flexibility index (Phi) is 7.11. The van der Waals surface area contributed by atoms with Crippen molar-refractivity contribution >= 4 is 17.3 Å². The number of amides is 1. The Hall–Kier alpha value is -3.52. The molecule has 0 radical (unpaired) electrons. The Balaban J connectivity index is 1.40. The number of carbonyl (C=O) groups excluding carboxylic acids is 1. The highest BCUT2D eigenvalue weighted by atomic mass is 19.4. The first kappa shape index (κ1) is 25.1. The number of nitrogens with one attached hydrogen (secondary N) is 1. The molecular formula is C29H30F3N3O2. The number of nitrogens with zero attached hydrogens (tertiary/aromatic N) is 2. The van der Waals surface area contributed by atoms with Crippen molar-refractivity contribution < 1.29 is 22.7 Å². The molecule has 3 aromatic carbocycles. The van der Waals surface area contributed by atoms with E-state index in [4.69, 9.17) is 4.74 Å². The molecule has 1 amide bonds. The standard InChI is InChI=1S/C29H30F3N3O2/c1-37-24-9-5-8-23(18-24)33-28(36)25-17-21-16-22(29(30,31)32)10-11-26(21)35-15-14-34(19-27(25)35)13-12-20-6-3-2-4-7-20/h2-11,16,18,25,27H,12-15,17,19H2,1H3,(H,33,36)/t25-,27-/m0/s1. The number of hydrogen-bond donors (Lipinski definition) is 1. The smallest absolute Gasteiger partial charge is 0.416 e. The largest absolute Gasteiger partial charge is 0.497 e. The molecule has 1 N–H and O–H groups in total. The zero-order chi connectivity index (χ0) is 26.0. The normalized spacial score (nSPS) is 19.6. The van der Waals surface area contributed by atoms with Gasteiger partial charge in [0.05, 0.1) is 24.6 Å². The molecule has 2 aliphatic heterocycles. The van der Waals surface area contributed by atoms with E-state index in [0.717, 1.165) is 31.3 Å². The van der Waals surface area contributed by atoms with Gasteiger partial charge in [0.2, 0.25) is 5.91 Å². The third-order valence-electron chi connectivity index (χ3n) is 7.36. The predicted octanol–water partition coefficient (Wildman–Crippen LogP) is 5.26. The predicted molar refractivity (Wildman–Crippen MR) is 138 cm³/mol. The number of ether oxygens (including phenoxy) is 1. The third kappa shape index (κ3) is 5.59. The van der Waals surface area contributed by atoms with Crippen molar-refractivity contribution in [3.05, 3.63) is 89.5 Å². The van der Waals surface area contributed by atoms with Gasteiger partial charge in [-0.25, -0.2) is 0 Å². The molecule has 1 saturated heterocycles. The second-order valence-corrected chi connectivity index (χ2v) is 9.67. The summed E-state index contributed by atoms with van der Waals surface area (Å²) in [5.74, 6) is -0.0778. The van der Waals surface area contributed by atoms with Crippen LogP contribution in [-0.2, 0) is 23.8 Å². The number of fused-ring (bicyclic) bond motifs is 3. The molecule has 2 atom stereocenters. The van der Waals surface area contributed by atoms with E-state index in [1.54, 1.807) is 37.4 Å². The summed E-state index contributed by atoms with van der Waals surface area (Å²) in [6.07, 6.45) is -3.27. The molecule has 8 heteroatoms. The maximum Gasteiger partial charge on any atom is 0.416 e. The number of piperazine rings is 1. The van der Waals surface area contributed by atoms with E-state index in [0.29, 0.717) is 30.1 Å². The second kappa shape index (κ2) is 10.5. The molecule has 5 nitrogen and oxygen atoms in total. The van der Waals surface area contributed by atoms with Crippen LogP contribution in [0.4, 0.5) is 24.5 Å². The van der Waals surface area contributed by atoms with E-state index in [1.807, 2.05) is 18.2 Å². The number of halogens is 3. The highest BCUT2D eigenvalue weighted by Gasteiger charge is 2.42. The first-order valence-electron chi connectivity index (χ1n) is 12.5. The molecular weight excluding hydrogens is 479 g/mol. The fraction of sp³-hybridized carbons (Fsp3) is 0.345. The van der Waals surface area contributed by atoms with Crippen LogP contribution in [0.25, 0.3) is 0 Å². The summed E-state index contributed by atoms with van der Waals surface area (Å²) in [6.45, 7) is 2.97. The second-order valence-electron chi connectivity index (χ2n) is 9.67. The molecule has 3 aromatic rings. The minimum atomic E-state index is -4.43. The van der Waals surface area contributed by atoms with Crippen molar-refractivity contribution in [1.82, 2.24) is 4.90 Å². The van der Waals surface area contributed by atoms with Gasteiger partial charge < -0.3 is 15.0 Å². The lowest BCUT2D eigenvalue weighted by molar-refractivity contribution is -0.137. The van der Waals surface area contributed by atoms with Crippen molar-refractivity contribution in [2.75, 3.05) is 43.5 Å². The summed E-state index contributed by atoms with van der Waals surface area (Å²) in [4.78, 5) is 18.1. The Bertz CT molecular complexity index is 1250. The summed E-state index contributed by atoms with van der Waals surface area (Å²) >= 11 is 0. The van der Waals surface area contributed by atoms with Crippen LogP contribution in [0.5, 0.6) is 5.75 Å². The SMILES string of the molecule is COc1cccc(NC(=O)[C@H]2Cc3cc(C(F)(F)F)ccc3N3CCN(CCc4ccccc4)C[C@@H]23)c1. The molecule has 0 spiro atoms. The summed E-state index contributed by atoms with van der Waals surface area (Å²) in [7, 11) is 1.56. The lowest BCUT2D eigenvalue weighted by atomic mass is 9.82. The minimum Gasteiger partial charge on any atom is -0.497 e. The lowest BCUT2D eigenvalue weighted by Crippen LogP contribution is -2.60. The van der Waals surface area contributed by atoms with E-state index in [-0.39, 0.29) is 18.4 Å². The average Bonchev–Trinajstić information content (AvgIpc) is 2.91. The molecule has 0 bridgehead atoms. The lowest BCUT2D eigenvalue weighted by Gasteiger charge is -2.49. The maximum atomic E-state index is 13.6. The van der Waals surface area contributed by atoms with Crippen LogP contribution in [-0.4, -0.2) is 50.1 Å². The van der Waals surface area contributed by atoms with Gasteiger partial charge in [0.1, 0.15) is 5.75 Å². The first-order valence-corrected chi connectivity index (χ1v) is 12.5. The van der Waals surface area contributed by atoms with Gasteiger partial charge in [0.15, 0.2) is 0 Å². The van der Waals surface area contributed by atoms with Crippen molar-refractivity contribution in [3.8, 4) is 5.75 Å². The van der Waals surface area contributed by atoms with Crippen LogP contribution in [0, 0.1) is 5.92 Å². The molecule has 0 unspecified atom stereocenters. The number of hydrogen-bond acceptors (Lipinski definition) is 4. The van der Waals surface area contributed by atoms with Crippen molar-refractivity contribution in [2.45, 2.75) is 25.1 Å². The van der Waals surface area contributed by atoms with Gasteiger partial charge in [0, 0.05) is 43.6 Å².